The monoisotopic (exact) mass is 204 g/mol. The van der Waals surface area contributed by atoms with Crippen LogP contribution in [0.1, 0.15) is 10.7 Å². The van der Waals surface area contributed by atoms with Crippen molar-refractivity contribution in [1.29, 1.82) is 0 Å². The number of hydrogen-bond acceptors (Lipinski definition) is 3. The molecule has 0 bridgehead atoms. The van der Waals surface area contributed by atoms with E-state index in [1.54, 1.807) is 11.3 Å². The maximum atomic E-state index is 5.56. The summed E-state index contributed by atoms with van der Waals surface area (Å²) in [6.07, 6.45) is 0. The molecule has 2 rings (SSSR count). The highest BCUT2D eigenvalue weighted by molar-refractivity contribution is 7.15. The highest BCUT2D eigenvalue weighted by Gasteiger charge is 2.07. The Bertz CT molecular complexity index is 420. The lowest BCUT2D eigenvalue weighted by molar-refractivity contribution is 1.02. The van der Waals surface area contributed by atoms with Gasteiger partial charge in [0, 0.05) is 6.54 Å². The summed E-state index contributed by atoms with van der Waals surface area (Å²) in [6.45, 7) is 2.55. The van der Waals surface area contributed by atoms with Crippen molar-refractivity contribution in [3.8, 4) is 10.4 Å². The molecule has 0 fully saturated rings. The lowest BCUT2D eigenvalue weighted by Crippen LogP contribution is -1.94. The van der Waals surface area contributed by atoms with Crippen LogP contribution in [0, 0.1) is 6.92 Å². The molecule has 0 aliphatic heterocycles. The fraction of sp³-hybridized carbons (Fsp3) is 0.182. The van der Waals surface area contributed by atoms with Gasteiger partial charge in [-0.3, -0.25) is 0 Å². The standard InChI is InChI=1S/C11H12N2S/c1-8-11(14-10(7-12)13-8)9-5-3-2-4-6-9/h2-6H,7,12H2,1H3. The number of nitrogens with two attached hydrogens (primary N) is 1. The van der Waals surface area contributed by atoms with Crippen molar-refractivity contribution in [3.63, 3.8) is 0 Å². The number of hydrogen-bond donors (Lipinski definition) is 1. The van der Waals surface area contributed by atoms with E-state index < -0.39 is 0 Å². The van der Waals surface area contributed by atoms with Crippen LogP contribution in [0.2, 0.25) is 0 Å². The first-order valence-electron chi connectivity index (χ1n) is 4.53. The molecule has 0 aliphatic carbocycles. The maximum Gasteiger partial charge on any atom is 0.107 e. The number of aromatic nitrogens is 1. The van der Waals surface area contributed by atoms with Gasteiger partial charge in [0.05, 0.1) is 10.6 Å². The average molecular weight is 204 g/mol. The second-order valence-corrected chi connectivity index (χ2v) is 4.18. The SMILES string of the molecule is Cc1nc(CN)sc1-c1ccccc1. The van der Waals surface area contributed by atoms with Crippen molar-refractivity contribution < 1.29 is 0 Å². The summed E-state index contributed by atoms with van der Waals surface area (Å²) in [7, 11) is 0. The fourth-order valence-electron chi connectivity index (χ4n) is 1.40. The van der Waals surface area contributed by atoms with Gasteiger partial charge in [-0.05, 0) is 12.5 Å². The molecular weight excluding hydrogens is 192 g/mol. The zero-order chi connectivity index (χ0) is 9.97. The quantitative estimate of drug-likeness (QED) is 0.816. The van der Waals surface area contributed by atoms with E-state index >= 15 is 0 Å². The Morgan fingerprint density at radius 1 is 1.29 bits per heavy atom. The molecular formula is C11H12N2S. The van der Waals surface area contributed by atoms with Gasteiger partial charge in [0.2, 0.25) is 0 Å². The van der Waals surface area contributed by atoms with Crippen molar-refractivity contribution in [2.45, 2.75) is 13.5 Å². The van der Waals surface area contributed by atoms with Gasteiger partial charge < -0.3 is 5.73 Å². The Hall–Kier alpha value is -1.19. The highest BCUT2D eigenvalue weighted by atomic mass is 32.1. The van der Waals surface area contributed by atoms with E-state index in [0.717, 1.165) is 10.7 Å². The minimum atomic E-state index is 0.526. The lowest BCUT2D eigenvalue weighted by Gasteiger charge is -1.96. The Balaban J connectivity index is 2.46. The third kappa shape index (κ3) is 1.69. The first-order valence-corrected chi connectivity index (χ1v) is 5.34. The second-order valence-electron chi connectivity index (χ2n) is 3.09. The van der Waals surface area contributed by atoms with Crippen LogP contribution in [-0.2, 0) is 6.54 Å². The van der Waals surface area contributed by atoms with E-state index in [0.29, 0.717) is 6.54 Å². The molecule has 0 radical (unpaired) electrons. The van der Waals surface area contributed by atoms with Crippen LogP contribution in [0.15, 0.2) is 30.3 Å². The number of nitrogens with zero attached hydrogens (tertiary/aromatic N) is 1. The predicted octanol–water partition coefficient (Wildman–Crippen LogP) is 2.58. The van der Waals surface area contributed by atoms with Crippen molar-refractivity contribution in [3.05, 3.63) is 41.0 Å². The van der Waals surface area contributed by atoms with Crippen LogP contribution in [0.3, 0.4) is 0 Å². The van der Waals surface area contributed by atoms with E-state index in [2.05, 4.69) is 17.1 Å². The Morgan fingerprint density at radius 2 is 2.00 bits per heavy atom. The largest absolute Gasteiger partial charge is 0.325 e. The van der Waals surface area contributed by atoms with Gasteiger partial charge in [0.25, 0.3) is 0 Å². The van der Waals surface area contributed by atoms with Gasteiger partial charge in [-0.2, -0.15) is 0 Å². The molecule has 3 heteroatoms. The van der Waals surface area contributed by atoms with Crippen molar-refractivity contribution in [2.75, 3.05) is 0 Å². The van der Waals surface area contributed by atoms with E-state index in [-0.39, 0.29) is 0 Å². The molecule has 0 amide bonds. The minimum absolute atomic E-state index is 0.526. The van der Waals surface area contributed by atoms with E-state index in [1.165, 1.54) is 10.4 Å². The van der Waals surface area contributed by atoms with Crippen LogP contribution in [0.5, 0.6) is 0 Å². The molecule has 0 spiro atoms. The Labute approximate surface area is 87.4 Å². The molecule has 1 aromatic carbocycles. The molecule has 0 saturated heterocycles. The smallest absolute Gasteiger partial charge is 0.107 e. The Morgan fingerprint density at radius 3 is 2.57 bits per heavy atom. The van der Waals surface area contributed by atoms with Crippen molar-refractivity contribution in [1.82, 2.24) is 4.98 Å². The first kappa shape index (κ1) is 9.37. The molecule has 0 unspecified atom stereocenters. The number of thiazole rings is 1. The van der Waals surface area contributed by atoms with Gasteiger partial charge in [0.15, 0.2) is 0 Å². The first-order chi connectivity index (χ1) is 6.81. The number of aryl methyl sites for hydroxylation is 1. The Kier molecular flexibility index (Phi) is 2.61. The number of rotatable bonds is 2. The summed E-state index contributed by atoms with van der Waals surface area (Å²) in [5, 5.41) is 1.00. The molecule has 2 aromatic rings. The third-order valence-electron chi connectivity index (χ3n) is 2.05. The predicted molar refractivity (Wildman–Crippen MR) is 60.2 cm³/mol. The topological polar surface area (TPSA) is 38.9 Å². The molecule has 14 heavy (non-hydrogen) atoms. The molecule has 72 valence electrons. The van der Waals surface area contributed by atoms with Crippen LogP contribution in [0.25, 0.3) is 10.4 Å². The van der Waals surface area contributed by atoms with Gasteiger partial charge >= 0.3 is 0 Å². The van der Waals surface area contributed by atoms with Crippen molar-refractivity contribution in [2.24, 2.45) is 5.73 Å². The van der Waals surface area contributed by atoms with Crippen LogP contribution < -0.4 is 5.73 Å². The van der Waals surface area contributed by atoms with E-state index in [1.807, 2.05) is 25.1 Å². The molecule has 1 heterocycles. The summed E-state index contributed by atoms with van der Waals surface area (Å²) in [4.78, 5) is 5.63. The average Bonchev–Trinajstić information content (AvgIpc) is 2.61. The van der Waals surface area contributed by atoms with E-state index in [4.69, 9.17) is 5.73 Å². The van der Waals surface area contributed by atoms with Gasteiger partial charge in [-0.1, -0.05) is 30.3 Å². The highest BCUT2D eigenvalue weighted by Crippen LogP contribution is 2.29. The number of benzene rings is 1. The molecule has 0 aliphatic rings. The van der Waals surface area contributed by atoms with Crippen LogP contribution in [-0.4, -0.2) is 4.98 Å². The van der Waals surface area contributed by atoms with Gasteiger partial charge in [-0.25, -0.2) is 4.98 Å². The summed E-state index contributed by atoms with van der Waals surface area (Å²) < 4.78 is 0. The zero-order valence-corrected chi connectivity index (χ0v) is 8.84. The lowest BCUT2D eigenvalue weighted by atomic mass is 10.2. The van der Waals surface area contributed by atoms with Crippen molar-refractivity contribution >= 4 is 11.3 Å². The molecule has 1 aromatic heterocycles. The fourth-order valence-corrected chi connectivity index (χ4v) is 2.35. The normalized spacial score (nSPS) is 10.4. The summed E-state index contributed by atoms with van der Waals surface area (Å²) in [6, 6.07) is 10.3. The van der Waals surface area contributed by atoms with E-state index in [9.17, 15) is 0 Å². The molecule has 0 saturated carbocycles. The van der Waals surface area contributed by atoms with Crippen LogP contribution in [0.4, 0.5) is 0 Å². The second kappa shape index (κ2) is 3.90. The summed E-state index contributed by atoms with van der Waals surface area (Å²) >= 11 is 1.68. The van der Waals surface area contributed by atoms with Gasteiger partial charge in [-0.15, -0.1) is 11.3 Å². The molecule has 2 nitrogen and oxygen atoms in total. The van der Waals surface area contributed by atoms with Gasteiger partial charge in [0.1, 0.15) is 5.01 Å². The van der Waals surface area contributed by atoms with Crippen LogP contribution >= 0.6 is 11.3 Å². The maximum absolute atomic E-state index is 5.56. The molecule has 0 atom stereocenters. The minimum Gasteiger partial charge on any atom is -0.325 e. The third-order valence-corrected chi connectivity index (χ3v) is 3.28. The molecule has 2 N–H and O–H groups in total. The summed E-state index contributed by atoms with van der Waals surface area (Å²) in [5.74, 6) is 0. The summed E-state index contributed by atoms with van der Waals surface area (Å²) in [5.41, 5.74) is 7.85. The zero-order valence-electron chi connectivity index (χ0n) is 8.03.